The molecule has 0 fully saturated rings. The summed E-state index contributed by atoms with van der Waals surface area (Å²) in [7, 11) is 2.78. The summed E-state index contributed by atoms with van der Waals surface area (Å²) in [6, 6.07) is 2.89. The van der Waals surface area contributed by atoms with Crippen molar-refractivity contribution in [3.05, 3.63) is 44.9 Å². The number of aromatic nitrogens is 4. The average Bonchev–Trinajstić information content (AvgIpc) is 2.42. The van der Waals surface area contributed by atoms with Gasteiger partial charge < -0.3 is 5.11 Å². The zero-order valence-electron chi connectivity index (χ0n) is 10.6. The van der Waals surface area contributed by atoms with Gasteiger partial charge in [-0.1, -0.05) is 11.8 Å². The Morgan fingerprint density at radius 2 is 2.05 bits per heavy atom. The minimum absolute atomic E-state index is 0.0807. The fourth-order valence-electron chi connectivity index (χ4n) is 1.44. The first kappa shape index (κ1) is 14.0. The van der Waals surface area contributed by atoms with Gasteiger partial charge in [-0.15, -0.1) is 0 Å². The summed E-state index contributed by atoms with van der Waals surface area (Å²) >= 11 is 0.975. The van der Waals surface area contributed by atoms with Gasteiger partial charge in [-0.25, -0.2) is 19.3 Å². The highest BCUT2D eigenvalue weighted by atomic mass is 32.2. The molecule has 2 aromatic heterocycles. The first-order valence-corrected chi connectivity index (χ1v) is 6.23. The quantitative estimate of drug-likeness (QED) is 0.829. The fourth-order valence-corrected chi connectivity index (χ4v) is 2.35. The van der Waals surface area contributed by atoms with Gasteiger partial charge in [0.25, 0.3) is 5.56 Å². The van der Waals surface area contributed by atoms with Gasteiger partial charge in [0.15, 0.2) is 5.03 Å². The summed E-state index contributed by atoms with van der Waals surface area (Å²) in [5, 5.41) is 12.8. The van der Waals surface area contributed by atoms with E-state index in [1.807, 2.05) is 0 Å². The largest absolute Gasteiger partial charge is 0.477 e. The van der Waals surface area contributed by atoms with Gasteiger partial charge in [0.2, 0.25) is 0 Å². The van der Waals surface area contributed by atoms with Crippen LogP contribution in [0, 0.1) is 0 Å². The van der Waals surface area contributed by atoms with Crippen LogP contribution in [0.15, 0.2) is 37.8 Å². The average molecular weight is 294 g/mol. The molecular formula is C11H10N4O4S. The Balaban J connectivity index is 2.46. The van der Waals surface area contributed by atoms with Crippen LogP contribution in [-0.4, -0.2) is 30.4 Å². The summed E-state index contributed by atoms with van der Waals surface area (Å²) in [5.41, 5.74) is -1.19. The normalized spacial score (nSPS) is 10.5. The Morgan fingerprint density at radius 3 is 2.70 bits per heavy atom. The predicted octanol–water partition coefficient (Wildman–Crippen LogP) is -0.277. The number of rotatable bonds is 3. The lowest BCUT2D eigenvalue weighted by Crippen LogP contribution is -2.39. The standard InChI is InChI=1S/C11H10N4O4S/c1-14-9(16)8(13-15(2)11(14)19)20-6-3-4-12-7(5-6)10(17)18/h3-5H,1-2H3,(H,17,18). The summed E-state index contributed by atoms with van der Waals surface area (Å²) in [6.45, 7) is 0. The van der Waals surface area contributed by atoms with Crippen LogP contribution in [0.2, 0.25) is 0 Å². The number of hydrogen-bond acceptors (Lipinski definition) is 6. The number of hydrogen-bond donors (Lipinski definition) is 1. The molecule has 9 heteroatoms. The maximum Gasteiger partial charge on any atom is 0.354 e. The Morgan fingerprint density at radius 1 is 1.35 bits per heavy atom. The molecule has 8 nitrogen and oxygen atoms in total. The fraction of sp³-hybridized carbons (Fsp3) is 0.182. The lowest BCUT2D eigenvalue weighted by atomic mass is 10.3. The third kappa shape index (κ3) is 2.62. The van der Waals surface area contributed by atoms with Crippen LogP contribution in [-0.2, 0) is 14.1 Å². The van der Waals surface area contributed by atoms with E-state index in [4.69, 9.17) is 5.11 Å². The molecule has 0 aliphatic rings. The van der Waals surface area contributed by atoms with Gasteiger partial charge in [-0.3, -0.25) is 9.36 Å². The Labute approximate surface area is 116 Å². The minimum atomic E-state index is -1.16. The summed E-state index contributed by atoms with van der Waals surface area (Å²) in [5.74, 6) is -1.16. The van der Waals surface area contributed by atoms with Gasteiger partial charge in [0.05, 0.1) is 0 Å². The summed E-state index contributed by atoms with van der Waals surface area (Å²) < 4.78 is 1.98. The van der Waals surface area contributed by atoms with Crippen molar-refractivity contribution in [3.8, 4) is 0 Å². The molecule has 1 N–H and O–H groups in total. The molecule has 0 aliphatic carbocycles. The highest BCUT2D eigenvalue weighted by Gasteiger charge is 2.12. The second-order valence-corrected chi connectivity index (χ2v) is 4.92. The van der Waals surface area contributed by atoms with E-state index in [0.717, 1.165) is 21.0 Å². The number of carboxylic acid groups (broad SMARTS) is 1. The van der Waals surface area contributed by atoms with E-state index < -0.39 is 17.2 Å². The number of aromatic carboxylic acids is 1. The van der Waals surface area contributed by atoms with Crippen molar-refractivity contribution in [2.24, 2.45) is 14.1 Å². The van der Waals surface area contributed by atoms with Crippen molar-refractivity contribution in [2.75, 3.05) is 0 Å². The van der Waals surface area contributed by atoms with E-state index in [1.165, 1.54) is 26.4 Å². The molecule has 2 rings (SSSR count). The van der Waals surface area contributed by atoms with Crippen LogP contribution < -0.4 is 11.2 Å². The van der Waals surface area contributed by atoms with E-state index in [-0.39, 0.29) is 10.7 Å². The highest BCUT2D eigenvalue weighted by molar-refractivity contribution is 7.99. The van der Waals surface area contributed by atoms with Crippen LogP contribution in [0.25, 0.3) is 0 Å². The molecule has 20 heavy (non-hydrogen) atoms. The predicted molar refractivity (Wildman–Crippen MR) is 70.0 cm³/mol. The van der Waals surface area contributed by atoms with Crippen LogP contribution in [0.3, 0.4) is 0 Å². The molecule has 104 valence electrons. The number of pyridine rings is 1. The second-order valence-electron chi connectivity index (χ2n) is 3.86. The number of carboxylic acids is 1. The zero-order chi connectivity index (χ0) is 14.9. The van der Waals surface area contributed by atoms with E-state index in [1.54, 1.807) is 6.07 Å². The van der Waals surface area contributed by atoms with Gasteiger partial charge in [-0.05, 0) is 12.1 Å². The molecule has 0 unspecified atom stereocenters. The third-order valence-electron chi connectivity index (χ3n) is 2.46. The number of carbonyl (C=O) groups is 1. The summed E-state index contributed by atoms with van der Waals surface area (Å²) in [6.07, 6.45) is 1.33. The van der Waals surface area contributed by atoms with E-state index in [0.29, 0.717) is 4.90 Å². The lowest BCUT2D eigenvalue weighted by molar-refractivity contribution is 0.0690. The Hall–Kier alpha value is -2.42. The SMILES string of the molecule is Cn1nc(Sc2ccnc(C(=O)O)c2)c(=O)n(C)c1=O. The minimum Gasteiger partial charge on any atom is -0.477 e. The van der Waals surface area contributed by atoms with E-state index >= 15 is 0 Å². The zero-order valence-corrected chi connectivity index (χ0v) is 11.4. The Bertz CT molecular complexity index is 796. The van der Waals surface area contributed by atoms with Crippen molar-refractivity contribution >= 4 is 17.7 Å². The van der Waals surface area contributed by atoms with Gasteiger partial charge in [0, 0.05) is 25.2 Å². The maximum atomic E-state index is 11.9. The monoisotopic (exact) mass is 294 g/mol. The molecule has 0 radical (unpaired) electrons. The molecule has 0 saturated heterocycles. The summed E-state index contributed by atoms with van der Waals surface area (Å²) in [4.78, 5) is 38.4. The van der Waals surface area contributed by atoms with Crippen molar-refractivity contribution in [2.45, 2.75) is 9.92 Å². The van der Waals surface area contributed by atoms with Crippen LogP contribution >= 0.6 is 11.8 Å². The molecule has 0 aliphatic heterocycles. The molecule has 0 spiro atoms. The van der Waals surface area contributed by atoms with E-state index in [9.17, 15) is 14.4 Å². The maximum absolute atomic E-state index is 11.9. The first-order valence-electron chi connectivity index (χ1n) is 5.41. The molecule has 0 aromatic carbocycles. The number of aryl methyl sites for hydroxylation is 1. The molecule has 2 aromatic rings. The van der Waals surface area contributed by atoms with Crippen LogP contribution in [0.5, 0.6) is 0 Å². The van der Waals surface area contributed by atoms with Gasteiger partial charge in [0.1, 0.15) is 5.69 Å². The lowest BCUT2D eigenvalue weighted by Gasteiger charge is -2.05. The van der Waals surface area contributed by atoms with Crippen molar-refractivity contribution in [1.29, 1.82) is 0 Å². The smallest absolute Gasteiger partial charge is 0.354 e. The van der Waals surface area contributed by atoms with Crippen LogP contribution in [0.4, 0.5) is 0 Å². The van der Waals surface area contributed by atoms with Crippen molar-refractivity contribution < 1.29 is 9.90 Å². The molecule has 0 amide bonds. The Kier molecular flexibility index (Phi) is 3.70. The van der Waals surface area contributed by atoms with Crippen molar-refractivity contribution in [1.82, 2.24) is 19.3 Å². The number of nitrogens with zero attached hydrogens (tertiary/aromatic N) is 4. The molecule has 2 heterocycles. The third-order valence-corrected chi connectivity index (χ3v) is 3.40. The van der Waals surface area contributed by atoms with Crippen LogP contribution in [0.1, 0.15) is 10.5 Å². The highest BCUT2D eigenvalue weighted by Crippen LogP contribution is 2.22. The second kappa shape index (κ2) is 5.29. The van der Waals surface area contributed by atoms with Gasteiger partial charge in [-0.2, -0.15) is 5.10 Å². The topological polar surface area (TPSA) is 107 Å². The molecule has 0 atom stereocenters. The molecular weight excluding hydrogens is 284 g/mol. The molecule has 0 bridgehead atoms. The van der Waals surface area contributed by atoms with E-state index in [2.05, 4.69) is 10.1 Å². The molecule has 0 saturated carbocycles. The van der Waals surface area contributed by atoms with Gasteiger partial charge >= 0.3 is 11.7 Å². The van der Waals surface area contributed by atoms with Crippen molar-refractivity contribution in [3.63, 3.8) is 0 Å². The first-order chi connectivity index (χ1) is 9.40.